The Labute approximate surface area is 85.3 Å². The molecule has 1 aliphatic heterocycles. The molecule has 14 heavy (non-hydrogen) atoms. The summed E-state index contributed by atoms with van der Waals surface area (Å²) in [7, 11) is 0. The molecule has 0 amide bonds. The van der Waals surface area contributed by atoms with E-state index in [9.17, 15) is 0 Å². The van der Waals surface area contributed by atoms with Crippen LogP contribution in [0.25, 0.3) is 0 Å². The van der Waals surface area contributed by atoms with E-state index >= 15 is 0 Å². The average molecular weight is 191 g/mol. The Hall–Kier alpha value is -0.890. The summed E-state index contributed by atoms with van der Waals surface area (Å²) in [6.45, 7) is 3.10. The van der Waals surface area contributed by atoms with Crippen molar-refractivity contribution in [3.05, 3.63) is 30.1 Å². The molecule has 0 N–H and O–H groups in total. The fourth-order valence-corrected chi connectivity index (χ4v) is 2.10. The quantitative estimate of drug-likeness (QED) is 0.717. The third kappa shape index (κ3) is 2.13. The van der Waals surface area contributed by atoms with E-state index in [0.717, 1.165) is 19.4 Å². The fraction of sp³-hybridized carbons (Fsp3) is 0.583. The van der Waals surface area contributed by atoms with Crippen LogP contribution in [0.2, 0.25) is 0 Å². The van der Waals surface area contributed by atoms with Gasteiger partial charge in [-0.1, -0.05) is 6.92 Å². The summed E-state index contributed by atoms with van der Waals surface area (Å²) in [5.41, 5.74) is 1.42. The number of hydrogen-bond acceptors (Lipinski definition) is 2. The molecule has 0 bridgehead atoms. The van der Waals surface area contributed by atoms with Crippen molar-refractivity contribution in [3.8, 4) is 0 Å². The van der Waals surface area contributed by atoms with Crippen molar-refractivity contribution in [3.63, 3.8) is 0 Å². The molecule has 1 aromatic heterocycles. The molecule has 0 saturated carbocycles. The Balaban J connectivity index is 2.04. The monoisotopic (exact) mass is 191 g/mol. The maximum atomic E-state index is 5.66. The van der Waals surface area contributed by atoms with E-state index in [4.69, 9.17) is 4.74 Å². The number of aromatic nitrogens is 1. The molecule has 1 saturated heterocycles. The minimum Gasteiger partial charge on any atom is -0.378 e. The highest BCUT2D eigenvalue weighted by Gasteiger charge is 2.22. The Bertz CT molecular complexity index is 273. The highest BCUT2D eigenvalue weighted by Crippen LogP contribution is 2.30. The minimum atomic E-state index is 0.460. The molecular formula is C12H17NO. The van der Waals surface area contributed by atoms with E-state index in [2.05, 4.69) is 24.0 Å². The van der Waals surface area contributed by atoms with Crippen molar-refractivity contribution in [2.45, 2.75) is 38.2 Å². The second kappa shape index (κ2) is 4.56. The number of hydrogen-bond donors (Lipinski definition) is 0. The van der Waals surface area contributed by atoms with Gasteiger partial charge in [0, 0.05) is 19.0 Å². The maximum absolute atomic E-state index is 5.66. The Kier molecular flexibility index (Phi) is 3.14. The molecule has 0 aromatic carbocycles. The predicted octanol–water partition coefficient (Wildman–Crippen LogP) is 2.75. The third-order valence-electron chi connectivity index (χ3n) is 3.00. The minimum absolute atomic E-state index is 0.460. The molecule has 2 atom stereocenters. The van der Waals surface area contributed by atoms with Gasteiger partial charge in [0.2, 0.25) is 0 Å². The molecule has 2 rings (SSSR count). The third-order valence-corrected chi connectivity index (χ3v) is 3.00. The molecule has 2 heteroatoms. The second-order valence-electron chi connectivity index (χ2n) is 3.90. The van der Waals surface area contributed by atoms with Gasteiger partial charge in [-0.3, -0.25) is 4.98 Å². The van der Waals surface area contributed by atoms with Crippen LogP contribution in [-0.4, -0.2) is 17.7 Å². The van der Waals surface area contributed by atoms with E-state index in [1.54, 1.807) is 0 Å². The second-order valence-corrected chi connectivity index (χ2v) is 3.90. The van der Waals surface area contributed by atoms with Crippen molar-refractivity contribution < 1.29 is 4.74 Å². The zero-order chi connectivity index (χ0) is 9.80. The number of rotatable bonds is 2. The van der Waals surface area contributed by atoms with Gasteiger partial charge in [0.15, 0.2) is 0 Å². The van der Waals surface area contributed by atoms with Crippen molar-refractivity contribution in [1.82, 2.24) is 4.98 Å². The highest BCUT2D eigenvalue weighted by molar-refractivity contribution is 5.16. The average Bonchev–Trinajstić information content (AvgIpc) is 2.30. The summed E-state index contributed by atoms with van der Waals surface area (Å²) in [5, 5.41) is 0. The van der Waals surface area contributed by atoms with Crippen LogP contribution < -0.4 is 0 Å². The summed E-state index contributed by atoms with van der Waals surface area (Å²) < 4.78 is 5.66. The molecule has 0 unspecified atom stereocenters. The predicted molar refractivity (Wildman–Crippen MR) is 56.2 cm³/mol. The Morgan fingerprint density at radius 3 is 2.93 bits per heavy atom. The van der Waals surface area contributed by atoms with Crippen LogP contribution in [0, 0.1) is 0 Å². The Morgan fingerprint density at radius 2 is 2.21 bits per heavy atom. The molecule has 0 radical (unpaired) electrons. The largest absolute Gasteiger partial charge is 0.378 e. The molecule has 0 spiro atoms. The molecule has 76 valence electrons. The van der Waals surface area contributed by atoms with Crippen LogP contribution in [-0.2, 0) is 4.74 Å². The molecule has 2 heterocycles. The first-order valence-electron chi connectivity index (χ1n) is 5.41. The van der Waals surface area contributed by atoms with E-state index in [1.807, 2.05) is 12.4 Å². The molecule has 0 aliphatic carbocycles. The SMILES string of the molecule is CC[C@@H]1C[C@@H](c2ccncc2)CCO1. The summed E-state index contributed by atoms with van der Waals surface area (Å²) in [6.07, 6.45) is 7.67. The zero-order valence-electron chi connectivity index (χ0n) is 8.65. The molecular weight excluding hydrogens is 174 g/mol. The standard InChI is InChI=1S/C12H17NO/c1-2-12-9-11(5-8-14-12)10-3-6-13-7-4-10/h3-4,6-7,11-12H,2,5,8-9H2,1H3/t11-,12+/m0/s1. The van der Waals surface area contributed by atoms with Gasteiger partial charge in [0.1, 0.15) is 0 Å². The van der Waals surface area contributed by atoms with E-state index in [1.165, 1.54) is 12.0 Å². The fourth-order valence-electron chi connectivity index (χ4n) is 2.10. The van der Waals surface area contributed by atoms with Gasteiger partial charge in [-0.15, -0.1) is 0 Å². The van der Waals surface area contributed by atoms with Gasteiger partial charge in [-0.25, -0.2) is 0 Å². The number of pyridine rings is 1. The van der Waals surface area contributed by atoms with Crippen LogP contribution in [0.1, 0.15) is 37.7 Å². The van der Waals surface area contributed by atoms with Crippen molar-refractivity contribution in [2.75, 3.05) is 6.61 Å². The van der Waals surface area contributed by atoms with E-state index in [0.29, 0.717) is 12.0 Å². The van der Waals surface area contributed by atoms with E-state index < -0.39 is 0 Å². The summed E-state index contributed by atoms with van der Waals surface area (Å²) >= 11 is 0. The topological polar surface area (TPSA) is 22.1 Å². The lowest BCUT2D eigenvalue weighted by Gasteiger charge is -2.29. The first-order valence-corrected chi connectivity index (χ1v) is 5.41. The lowest BCUT2D eigenvalue weighted by atomic mass is 9.88. The Morgan fingerprint density at radius 1 is 1.43 bits per heavy atom. The van der Waals surface area contributed by atoms with Gasteiger partial charge in [-0.05, 0) is 42.9 Å². The number of nitrogens with zero attached hydrogens (tertiary/aromatic N) is 1. The maximum Gasteiger partial charge on any atom is 0.0578 e. The lowest BCUT2D eigenvalue weighted by molar-refractivity contribution is 0.00484. The molecule has 1 fully saturated rings. The van der Waals surface area contributed by atoms with Crippen molar-refractivity contribution in [2.24, 2.45) is 0 Å². The van der Waals surface area contributed by atoms with Crippen molar-refractivity contribution in [1.29, 1.82) is 0 Å². The van der Waals surface area contributed by atoms with Gasteiger partial charge >= 0.3 is 0 Å². The normalized spacial score (nSPS) is 27.5. The lowest BCUT2D eigenvalue weighted by Crippen LogP contribution is -2.23. The summed E-state index contributed by atoms with van der Waals surface area (Å²) in [6, 6.07) is 4.26. The van der Waals surface area contributed by atoms with E-state index in [-0.39, 0.29) is 0 Å². The van der Waals surface area contributed by atoms with Gasteiger partial charge in [0.25, 0.3) is 0 Å². The molecule has 1 aromatic rings. The molecule has 1 aliphatic rings. The van der Waals surface area contributed by atoms with Crippen LogP contribution in [0.5, 0.6) is 0 Å². The highest BCUT2D eigenvalue weighted by atomic mass is 16.5. The molecule has 2 nitrogen and oxygen atoms in total. The first kappa shape index (κ1) is 9.66. The van der Waals surface area contributed by atoms with Crippen LogP contribution >= 0.6 is 0 Å². The zero-order valence-corrected chi connectivity index (χ0v) is 8.65. The van der Waals surface area contributed by atoms with Crippen LogP contribution in [0.3, 0.4) is 0 Å². The van der Waals surface area contributed by atoms with Gasteiger partial charge in [0.05, 0.1) is 6.10 Å². The van der Waals surface area contributed by atoms with Crippen molar-refractivity contribution >= 4 is 0 Å². The summed E-state index contributed by atoms with van der Waals surface area (Å²) in [4.78, 5) is 4.05. The smallest absolute Gasteiger partial charge is 0.0578 e. The number of ether oxygens (including phenoxy) is 1. The van der Waals surface area contributed by atoms with Gasteiger partial charge in [-0.2, -0.15) is 0 Å². The van der Waals surface area contributed by atoms with Gasteiger partial charge < -0.3 is 4.74 Å². The first-order chi connectivity index (χ1) is 6.90. The van der Waals surface area contributed by atoms with Crippen LogP contribution in [0.4, 0.5) is 0 Å². The van der Waals surface area contributed by atoms with Crippen LogP contribution in [0.15, 0.2) is 24.5 Å². The summed E-state index contributed by atoms with van der Waals surface area (Å²) in [5.74, 6) is 0.677.